The lowest BCUT2D eigenvalue weighted by molar-refractivity contribution is -0.879. The Kier molecular flexibility index (Phi) is 7.79. The lowest BCUT2D eigenvalue weighted by atomic mass is 10.2. The van der Waals surface area contributed by atoms with Crippen molar-refractivity contribution < 1.29 is 26.1 Å². The van der Waals surface area contributed by atoms with Crippen LogP contribution in [0.2, 0.25) is 0 Å². The standard InChI is InChI=1S/C15H24NOS.FHO3S/c1-16(2)9-8-14(10-16)12-18-11-13-4-6-15(17-3)7-5-13;1-5(2,3)4/h4-7,14H,8-12H2,1-3H3;(H,2,3,4)/q+1;/p-1. The molecule has 1 aliphatic heterocycles. The first-order valence-electron chi connectivity index (χ1n) is 7.27. The summed E-state index contributed by atoms with van der Waals surface area (Å²) in [6, 6.07) is 8.43. The Hall–Kier alpha value is -0.830. The Bertz CT molecular complexity index is 568. The summed E-state index contributed by atoms with van der Waals surface area (Å²) in [7, 11) is 0.978. The number of rotatable bonds is 5. The van der Waals surface area contributed by atoms with E-state index in [0.29, 0.717) is 0 Å². The number of methoxy groups -OCH3 is 1. The molecule has 1 heterocycles. The summed E-state index contributed by atoms with van der Waals surface area (Å²) in [5.41, 5.74) is 1.40. The molecule has 0 bridgehead atoms. The highest BCUT2D eigenvalue weighted by Crippen LogP contribution is 2.25. The predicted molar refractivity (Wildman–Crippen MR) is 89.9 cm³/mol. The molecule has 0 N–H and O–H groups in total. The van der Waals surface area contributed by atoms with Crippen molar-refractivity contribution in [1.29, 1.82) is 0 Å². The van der Waals surface area contributed by atoms with Gasteiger partial charge in [-0.1, -0.05) is 12.1 Å². The summed E-state index contributed by atoms with van der Waals surface area (Å²) in [6.45, 7) is 2.68. The zero-order chi connectivity index (χ0) is 17.5. The monoisotopic (exact) mass is 365 g/mol. The van der Waals surface area contributed by atoms with E-state index in [4.69, 9.17) is 17.7 Å². The minimum Gasteiger partial charge on any atom is -0.722 e. The molecule has 1 fully saturated rings. The van der Waals surface area contributed by atoms with Crippen molar-refractivity contribution in [2.24, 2.45) is 5.92 Å². The molecule has 0 radical (unpaired) electrons. The maximum absolute atomic E-state index is 10.1. The van der Waals surface area contributed by atoms with Gasteiger partial charge in [-0.2, -0.15) is 11.8 Å². The van der Waals surface area contributed by atoms with Gasteiger partial charge in [0.25, 0.3) is 10.5 Å². The first-order valence-corrected chi connectivity index (χ1v) is 9.73. The lowest BCUT2D eigenvalue weighted by Gasteiger charge is -2.23. The van der Waals surface area contributed by atoms with Crippen LogP contribution in [-0.2, 0) is 16.3 Å². The molecule has 0 aromatic heterocycles. The highest BCUT2D eigenvalue weighted by atomic mass is 32.3. The van der Waals surface area contributed by atoms with Crippen molar-refractivity contribution in [2.45, 2.75) is 12.2 Å². The van der Waals surface area contributed by atoms with Crippen LogP contribution >= 0.6 is 11.8 Å². The third kappa shape index (κ3) is 9.80. The van der Waals surface area contributed by atoms with Crippen molar-refractivity contribution in [3.8, 4) is 5.75 Å². The van der Waals surface area contributed by atoms with Crippen molar-refractivity contribution >= 4 is 22.3 Å². The predicted octanol–water partition coefficient (Wildman–Crippen LogP) is 2.44. The fourth-order valence-electron chi connectivity index (χ4n) is 2.61. The van der Waals surface area contributed by atoms with Gasteiger partial charge in [-0.3, -0.25) is 0 Å². The van der Waals surface area contributed by atoms with Gasteiger partial charge in [0.1, 0.15) is 5.75 Å². The molecule has 1 unspecified atom stereocenters. The van der Waals surface area contributed by atoms with Crippen LogP contribution in [0.15, 0.2) is 24.3 Å². The highest BCUT2D eigenvalue weighted by molar-refractivity contribution is 7.98. The summed E-state index contributed by atoms with van der Waals surface area (Å²) in [5, 5.41) is 0. The zero-order valence-electron chi connectivity index (χ0n) is 13.7. The van der Waals surface area contributed by atoms with Crippen molar-refractivity contribution in [1.82, 2.24) is 0 Å². The van der Waals surface area contributed by atoms with E-state index in [9.17, 15) is 3.89 Å². The summed E-state index contributed by atoms with van der Waals surface area (Å²) in [6.07, 6.45) is 1.39. The maximum Gasteiger partial charge on any atom is 0.255 e. The van der Waals surface area contributed by atoms with Crippen molar-refractivity contribution in [2.75, 3.05) is 40.0 Å². The summed E-state index contributed by atoms with van der Waals surface area (Å²) in [4.78, 5) is 0. The molecular weight excluding hydrogens is 341 g/mol. The van der Waals surface area contributed by atoms with E-state index >= 15 is 0 Å². The molecule has 23 heavy (non-hydrogen) atoms. The second kappa shape index (κ2) is 8.86. The highest BCUT2D eigenvalue weighted by Gasteiger charge is 2.30. The zero-order valence-corrected chi connectivity index (χ0v) is 15.3. The Morgan fingerprint density at radius 3 is 2.35 bits per heavy atom. The number of benzene rings is 1. The first kappa shape index (κ1) is 20.2. The van der Waals surface area contributed by atoms with Crippen LogP contribution < -0.4 is 4.74 Å². The number of ether oxygens (including phenoxy) is 1. The molecule has 2 rings (SSSR count). The van der Waals surface area contributed by atoms with Crippen molar-refractivity contribution in [3.63, 3.8) is 0 Å². The molecule has 0 amide bonds. The second-order valence-electron chi connectivity index (χ2n) is 6.25. The maximum atomic E-state index is 10.1. The van der Waals surface area contributed by atoms with Gasteiger partial charge in [0, 0.05) is 23.8 Å². The van der Waals surface area contributed by atoms with Crippen LogP contribution in [0.3, 0.4) is 0 Å². The lowest BCUT2D eigenvalue weighted by Crippen LogP contribution is -2.36. The first-order chi connectivity index (χ1) is 10.6. The molecule has 0 saturated carbocycles. The fraction of sp³-hybridized carbons (Fsp3) is 0.600. The van der Waals surface area contributed by atoms with E-state index in [1.165, 1.54) is 35.3 Å². The molecule has 0 aliphatic carbocycles. The van der Waals surface area contributed by atoms with Crippen LogP contribution in [0.25, 0.3) is 0 Å². The largest absolute Gasteiger partial charge is 0.722 e. The SMILES string of the molecule is COc1ccc(CSCC2CC[N+](C)(C)C2)cc1.O=S(=O)([O-])F. The number of nitrogens with zero attached hydrogens (tertiary/aromatic N) is 1. The molecule has 5 nitrogen and oxygen atoms in total. The van der Waals surface area contributed by atoms with E-state index in [1.807, 2.05) is 12.1 Å². The average Bonchev–Trinajstić information content (AvgIpc) is 2.77. The van der Waals surface area contributed by atoms with Gasteiger partial charge in [0.05, 0.1) is 34.3 Å². The Balaban J connectivity index is 0.000000463. The van der Waals surface area contributed by atoms with E-state index in [1.54, 1.807) is 7.11 Å². The van der Waals surface area contributed by atoms with E-state index < -0.39 is 10.5 Å². The summed E-state index contributed by atoms with van der Waals surface area (Å²) < 4.78 is 41.7. The van der Waals surface area contributed by atoms with Crippen LogP contribution in [0.1, 0.15) is 12.0 Å². The molecule has 1 aliphatic rings. The van der Waals surface area contributed by atoms with Gasteiger partial charge in [-0.25, -0.2) is 8.42 Å². The quantitative estimate of drug-likeness (QED) is 0.455. The van der Waals surface area contributed by atoms with Crippen LogP contribution in [-0.4, -0.2) is 57.5 Å². The number of quaternary nitrogens is 1. The van der Waals surface area contributed by atoms with Gasteiger partial charge in [-0.05, 0) is 17.7 Å². The molecule has 1 aromatic carbocycles. The average molecular weight is 365 g/mol. The normalized spacial score (nSPS) is 19.8. The Labute approximate surface area is 142 Å². The Morgan fingerprint density at radius 1 is 1.35 bits per heavy atom. The van der Waals surface area contributed by atoms with Gasteiger partial charge in [-0.15, -0.1) is 3.89 Å². The number of thioether (sulfide) groups is 1. The van der Waals surface area contributed by atoms with Crippen LogP contribution in [0, 0.1) is 5.92 Å². The molecular formula is C15H24FNO4S2. The van der Waals surface area contributed by atoms with E-state index in [0.717, 1.165) is 17.4 Å². The summed E-state index contributed by atoms with van der Waals surface area (Å²) in [5.74, 6) is 4.27. The number of halogens is 1. The summed E-state index contributed by atoms with van der Waals surface area (Å²) >= 11 is 2.07. The van der Waals surface area contributed by atoms with Gasteiger partial charge >= 0.3 is 0 Å². The molecule has 132 valence electrons. The smallest absolute Gasteiger partial charge is 0.255 e. The molecule has 8 heteroatoms. The fourth-order valence-corrected chi connectivity index (χ4v) is 3.77. The molecule has 1 saturated heterocycles. The van der Waals surface area contributed by atoms with Crippen molar-refractivity contribution in [3.05, 3.63) is 29.8 Å². The van der Waals surface area contributed by atoms with Gasteiger partial charge in [0.2, 0.25) is 0 Å². The third-order valence-corrected chi connectivity index (χ3v) is 4.92. The topological polar surface area (TPSA) is 66.4 Å². The van der Waals surface area contributed by atoms with Crippen LogP contribution in [0.5, 0.6) is 5.75 Å². The Morgan fingerprint density at radius 2 is 1.91 bits per heavy atom. The minimum absolute atomic E-state index is 0.906. The molecule has 1 aromatic rings. The van der Waals surface area contributed by atoms with Crippen LogP contribution in [0.4, 0.5) is 3.89 Å². The van der Waals surface area contributed by atoms with E-state index in [2.05, 4.69) is 38.0 Å². The minimum atomic E-state index is -5.42. The number of likely N-dealkylation sites (tertiary alicyclic amines) is 1. The molecule has 1 atom stereocenters. The molecule has 0 spiro atoms. The third-order valence-electron chi connectivity index (χ3n) is 3.68. The van der Waals surface area contributed by atoms with Gasteiger partial charge in [0.15, 0.2) is 0 Å². The number of hydrogen-bond acceptors (Lipinski definition) is 5. The van der Waals surface area contributed by atoms with E-state index in [-0.39, 0.29) is 0 Å². The van der Waals surface area contributed by atoms with Gasteiger partial charge < -0.3 is 13.8 Å². The second-order valence-corrected chi connectivity index (χ2v) is 8.07. The number of hydrogen-bond donors (Lipinski definition) is 0.